The van der Waals surface area contributed by atoms with Gasteiger partial charge in [-0.2, -0.15) is 8.42 Å². The third kappa shape index (κ3) is 5.73. The molecule has 11 heteroatoms. The van der Waals surface area contributed by atoms with Crippen LogP contribution in [0.1, 0.15) is 36.8 Å². The first-order valence-corrected chi connectivity index (χ1v) is 13.2. The number of hydrogen-bond donors (Lipinski definition) is 2. The molecule has 10 nitrogen and oxygen atoms in total. The summed E-state index contributed by atoms with van der Waals surface area (Å²) in [6.07, 6.45) is 2.41. The number of sulfonamides is 1. The second kappa shape index (κ2) is 10.9. The third-order valence-corrected chi connectivity index (χ3v) is 6.82. The highest BCUT2D eigenvalue weighted by Gasteiger charge is 2.26. The van der Waals surface area contributed by atoms with E-state index in [1.165, 1.54) is 18.5 Å². The number of ether oxygens (including phenoxy) is 2. The molecule has 2 aromatic heterocycles. The van der Waals surface area contributed by atoms with Crippen molar-refractivity contribution in [2.45, 2.75) is 32.7 Å². The van der Waals surface area contributed by atoms with Gasteiger partial charge >= 0.3 is 0 Å². The number of nitrogen functional groups attached to an aromatic ring is 1. The Balaban J connectivity index is 0.00000280. The number of aromatic nitrogens is 3. The number of amides is 1. The molecule has 2 heterocycles. The van der Waals surface area contributed by atoms with Crippen LogP contribution in [0.25, 0.3) is 11.3 Å². The zero-order chi connectivity index (χ0) is 27.4. The lowest BCUT2D eigenvalue weighted by Gasteiger charge is -2.16. The van der Waals surface area contributed by atoms with E-state index in [1.807, 2.05) is 68.8 Å². The Morgan fingerprint density at radius 1 is 1.00 bits per heavy atom. The van der Waals surface area contributed by atoms with E-state index in [1.54, 1.807) is 6.07 Å². The summed E-state index contributed by atoms with van der Waals surface area (Å²) in [5, 5.41) is -0.556. The third-order valence-electron chi connectivity index (χ3n) is 5.54. The fourth-order valence-corrected chi connectivity index (χ4v) is 4.91. The minimum absolute atomic E-state index is 0. The first kappa shape index (κ1) is 26.6. The number of rotatable bonds is 8. The summed E-state index contributed by atoms with van der Waals surface area (Å²) in [5.41, 5.74) is 9.56. The molecule has 2 aromatic carbocycles. The topological polar surface area (TPSA) is 146 Å². The Morgan fingerprint density at radius 2 is 1.66 bits per heavy atom. The predicted molar refractivity (Wildman–Crippen MR) is 147 cm³/mol. The van der Waals surface area contributed by atoms with Crippen LogP contribution >= 0.6 is 0 Å². The van der Waals surface area contributed by atoms with E-state index in [0.717, 1.165) is 22.3 Å². The van der Waals surface area contributed by atoms with Gasteiger partial charge in [0, 0.05) is 20.8 Å². The Bertz CT molecular complexity index is 1590. The Morgan fingerprint density at radius 3 is 2.29 bits per heavy atom. The number of aryl methyl sites for hydroxylation is 3. The number of carbonyl (C=O) groups is 1. The number of nitrogens with zero attached hydrogens (tertiary/aromatic N) is 3. The molecule has 0 aliphatic rings. The van der Waals surface area contributed by atoms with Crippen molar-refractivity contribution in [2.75, 3.05) is 12.3 Å². The van der Waals surface area contributed by atoms with Crippen molar-refractivity contribution in [1.29, 1.82) is 0 Å². The van der Waals surface area contributed by atoms with E-state index in [2.05, 4.69) is 15.0 Å². The lowest BCUT2D eigenvalue weighted by atomic mass is 10.1. The number of pyridine rings is 1. The molecule has 3 N–H and O–H groups in total. The van der Waals surface area contributed by atoms with Crippen LogP contribution in [0.2, 0.25) is 0 Å². The van der Waals surface area contributed by atoms with Gasteiger partial charge < -0.3 is 15.2 Å². The van der Waals surface area contributed by atoms with Gasteiger partial charge in [0.2, 0.25) is 10.9 Å². The normalized spacial score (nSPS) is 11.2. The van der Waals surface area contributed by atoms with E-state index >= 15 is 0 Å². The Labute approximate surface area is 223 Å². The highest BCUT2D eigenvalue weighted by Crippen LogP contribution is 2.33. The van der Waals surface area contributed by atoms with Crippen LogP contribution in [0.5, 0.6) is 17.4 Å². The molecule has 0 aliphatic heterocycles. The van der Waals surface area contributed by atoms with E-state index < -0.39 is 21.0 Å². The molecule has 0 atom stereocenters. The molecule has 0 fully saturated rings. The van der Waals surface area contributed by atoms with Crippen molar-refractivity contribution in [2.24, 2.45) is 0 Å². The van der Waals surface area contributed by atoms with Crippen LogP contribution in [-0.2, 0) is 10.0 Å². The Hall–Kier alpha value is -4.51. The summed E-state index contributed by atoms with van der Waals surface area (Å²) in [4.78, 5) is 25.3. The predicted octanol–water partition coefficient (Wildman–Crippen LogP) is 4.85. The molecule has 4 aromatic rings. The maximum absolute atomic E-state index is 13.2. The van der Waals surface area contributed by atoms with E-state index in [-0.39, 0.29) is 20.1 Å². The Kier molecular flexibility index (Phi) is 7.58. The molecule has 0 saturated carbocycles. The lowest BCUT2D eigenvalue weighted by molar-refractivity contribution is 0.0978. The van der Waals surface area contributed by atoms with E-state index in [4.69, 9.17) is 15.2 Å². The van der Waals surface area contributed by atoms with Gasteiger partial charge in [-0.25, -0.2) is 19.7 Å². The van der Waals surface area contributed by atoms with E-state index in [9.17, 15) is 13.2 Å². The minimum atomic E-state index is -4.42. The highest BCUT2D eigenvalue weighted by molar-refractivity contribution is 7.90. The summed E-state index contributed by atoms with van der Waals surface area (Å²) in [7, 11) is -4.42. The molecule has 0 saturated heterocycles. The first-order valence-electron chi connectivity index (χ1n) is 11.7. The zero-order valence-electron chi connectivity index (χ0n) is 21.3. The second-order valence-corrected chi connectivity index (χ2v) is 10.1. The molecule has 0 radical (unpaired) electrons. The average Bonchev–Trinajstić information content (AvgIpc) is 2.86. The lowest BCUT2D eigenvalue weighted by Crippen LogP contribution is -2.32. The second-order valence-electron chi connectivity index (χ2n) is 8.52. The molecule has 4 rings (SSSR count). The van der Waals surface area contributed by atoms with E-state index in [0.29, 0.717) is 23.8 Å². The smallest absolute Gasteiger partial charge is 0.285 e. The van der Waals surface area contributed by atoms with Gasteiger partial charge in [-0.3, -0.25) is 4.79 Å². The molecule has 0 unspecified atom stereocenters. The molecule has 1 amide bonds. The maximum Gasteiger partial charge on any atom is 0.285 e. The molecule has 0 spiro atoms. The van der Waals surface area contributed by atoms with Crippen LogP contribution in [0.3, 0.4) is 0 Å². The first-order chi connectivity index (χ1) is 18.1. The van der Waals surface area contributed by atoms with Crippen molar-refractivity contribution in [3.63, 3.8) is 0 Å². The summed E-state index contributed by atoms with van der Waals surface area (Å²) in [5.74, 6) is -0.131. The monoisotopic (exact) mass is 537 g/mol. The van der Waals surface area contributed by atoms with Crippen LogP contribution in [0.15, 0.2) is 66.0 Å². The number of nitrogens with one attached hydrogen (secondary N) is 1. The van der Waals surface area contributed by atoms with Crippen LogP contribution in [0, 0.1) is 20.8 Å². The van der Waals surface area contributed by atoms with Gasteiger partial charge in [-0.15, -0.1) is 0 Å². The number of hydrogen-bond acceptors (Lipinski definition) is 9. The van der Waals surface area contributed by atoms with Gasteiger partial charge in [0.1, 0.15) is 17.1 Å². The highest BCUT2D eigenvalue weighted by atomic mass is 32.2. The molecular formula is C27H31N5O5S. The summed E-state index contributed by atoms with van der Waals surface area (Å²) < 4.78 is 39.3. The fraction of sp³-hybridized carbons (Fsp3) is 0.185. The van der Waals surface area contributed by atoms with Crippen molar-refractivity contribution in [3.8, 4) is 28.6 Å². The van der Waals surface area contributed by atoms with Gasteiger partial charge in [-0.05, 0) is 75.2 Å². The fourth-order valence-electron chi connectivity index (χ4n) is 3.93. The zero-order valence-corrected chi connectivity index (χ0v) is 22.2. The van der Waals surface area contributed by atoms with Gasteiger partial charge in [0.25, 0.3) is 15.9 Å². The largest absolute Gasteiger partial charge is 0.494 e. The molecule has 0 bridgehead atoms. The average molecular weight is 538 g/mol. The molecule has 0 aliphatic carbocycles. The van der Waals surface area contributed by atoms with Crippen molar-refractivity contribution in [3.05, 3.63) is 83.2 Å². The summed E-state index contributed by atoms with van der Waals surface area (Å²) in [6, 6.07) is 14.2. The number of benzene rings is 2. The number of carbonyl (C=O) groups excluding carboxylic acids is 1. The maximum atomic E-state index is 13.2. The van der Waals surface area contributed by atoms with Crippen molar-refractivity contribution in [1.82, 2.24) is 19.7 Å². The molecule has 200 valence electrons. The minimum Gasteiger partial charge on any atom is -0.494 e. The molecule has 38 heavy (non-hydrogen) atoms. The summed E-state index contributed by atoms with van der Waals surface area (Å²) >= 11 is 0. The standard InChI is InChI=1S/C27H27N5O5S.2H2/c1-5-36-20-8-6-19(7-9-20)22-11-10-21(25(33)32-38(34,35)27-24(28)29-12-13-30-27)26(31-22)37-23-17(3)14-16(2)15-18(23)4;;/h6-15H,5H2,1-4H3,(H2,28,29)(H,32,33);2*1H. The number of nitrogens with two attached hydrogens (primary N) is 1. The van der Waals surface area contributed by atoms with Crippen molar-refractivity contribution >= 4 is 21.7 Å². The van der Waals surface area contributed by atoms with Gasteiger partial charge in [0.05, 0.1) is 12.3 Å². The van der Waals surface area contributed by atoms with Crippen molar-refractivity contribution < 1.29 is 25.5 Å². The van der Waals surface area contributed by atoms with Crippen LogP contribution in [-0.4, -0.2) is 35.9 Å². The quantitative estimate of drug-likeness (QED) is 0.322. The van der Waals surface area contributed by atoms with Crippen LogP contribution < -0.4 is 19.9 Å². The molecular weight excluding hydrogens is 506 g/mol. The van der Waals surface area contributed by atoms with Crippen LogP contribution in [0.4, 0.5) is 5.82 Å². The van der Waals surface area contributed by atoms with Gasteiger partial charge in [-0.1, -0.05) is 17.7 Å². The number of anilines is 1. The SMILES string of the molecule is CCOc1ccc(-c2ccc(C(=O)NS(=O)(=O)c3nccnc3N)c(Oc3c(C)cc(C)cc3C)n2)cc1.[HH].[HH]. The summed E-state index contributed by atoms with van der Waals surface area (Å²) in [6.45, 7) is 8.17. The van der Waals surface area contributed by atoms with Gasteiger partial charge in [0.15, 0.2) is 5.82 Å².